The first-order valence-electron chi connectivity index (χ1n) is 8.83. The van der Waals surface area contributed by atoms with Crippen LogP contribution in [0.15, 0.2) is 12.1 Å². The van der Waals surface area contributed by atoms with E-state index in [0.717, 1.165) is 37.3 Å². The molecule has 0 radical (unpaired) electrons. The second-order valence-electron chi connectivity index (χ2n) is 7.94. The number of quaternary nitrogens is 1. The second-order valence-corrected chi connectivity index (χ2v) is 7.94. The number of carbonyl (C=O) groups excluding carboxylic acids is 1. The van der Waals surface area contributed by atoms with Crippen molar-refractivity contribution in [2.45, 2.75) is 43.6 Å². The summed E-state index contributed by atoms with van der Waals surface area (Å²) in [6.45, 7) is 0.897. The van der Waals surface area contributed by atoms with Crippen molar-refractivity contribution in [3.63, 3.8) is 0 Å². The van der Waals surface area contributed by atoms with Crippen molar-refractivity contribution in [3.05, 3.63) is 23.3 Å². The fourth-order valence-electron chi connectivity index (χ4n) is 5.67. The minimum absolute atomic E-state index is 0. The second kappa shape index (κ2) is 6.15. The van der Waals surface area contributed by atoms with Crippen LogP contribution < -0.4 is 27.7 Å². The van der Waals surface area contributed by atoms with E-state index in [2.05, 4.69) is 13.1 Å². The number of methoxy groups -OCH3 is 2. The molecule has 1 heterocycles. The smallest absolute Gasteiger partial charge is 0.164 e. The van der Waals surface area contributed by atoms with Crippen LogP contribution in [-0.2, 0) is 16.6 Å². The number of Topliss-reactive ketones (excluding diaryl/α,β-unsaturated/α-hetero) is 1. The molecule has 138 valence electrons. The summed E-state index contributed by atoms with van der Waals surface area (Å²) in [4.78, 5) is 12.4. The lowest BCUT2D eigenvalue weighted by atomic mass is 9.51. The summed E-state index contributed by atoms with van der Waals surface area (Å²) in [6.07, 6.45) is 4.12. The van der Waals surface area contributed by atoms with Crippen molar-refractivity contribution in [1.82, 2.24) is 0 Å². The zero-order valence-electron chi connectivity index (χ0n) is 15.2. The average Bonchev–Trinajstić information content (AvgIpc) is 2.57. The quantitative estimate of drug-likeness (QED) is 0.537. The lowest BCUT2D eigenvalue weighted by Gasteiger charge is -2.59. The lowest BCUT2D eigenvalue weighted by molar-refractivity contribution is -0.956. The normalized spacial score (nSPS) is 35.9. The topological polar surface area (TPSA) is 61.6 Å². The number of rotatable bonds is 2. The van der Waals surface area contributed by atoms with Gasteiger partial charge in [0.2, 0.25) is 0 Å². The van der Waals surface area contributed by atoms with Crippen LogP contribution in [0.25, 0.3) is 0 Å². The van der Waals surface area contributed by atoms with Gasteiger partial charge in [-0.3, -0.25) is 4.79 Å². The molecule has 2 bridgehead atoms. The molecule has 1 saturated carbocycles. The van der Waals surface area contributed by atoms with Gasteiger partial charge < -0.3 is 21.9 Å². The summed E-state index contributed by atoms with van der Waals surface area (Å²) < 4.78 is 11.9. The van der Waals surface area contributed by atoms with Gasteiger partial charge >= 0.3 is 0 Å². The number of piperidine rings is 1. The van der Waals surface area contributed by atoms with Crippen LogP contribution in [-0.4, -0.2) is 44.2 Å². The van der Waals surface area contributed by atoms with E-state index < -0.39 is 0 Å². The van der Waals surface area contributed by atoms with Crippen molar-refractivity contribution >= 4 is 5.78 Å². The Kier molecular flexibility index (Phi) is 4.55. The van der Waals surface area contributed by atoms with Gasteiger partial charge in [0.1, 0.15) is 11.8 Å². The Balaban J connectivity index is 0.00000182. The fraction of sp³-hybridized carbons (Fsp3) is 0.632. The minimum Gasteiger partial charge on any atom is -1.00 e. The van der Waals surface area contributed by atoms with Gasteiger partial charge in [-0.25, -0.2) is 4.59 Å². The maximum atomic E-state index is 12.4. The summed E-state index contributed by atoms with van der Waals surface area (Å²) in [6, 6.07) is 4.50. The van der Waals surface area contributed by atoms with E-state index in [4.69, 9.17) is 15.3 Å². The van der Waals surface area contributed by atoms with Gasteiger partial charge in [0.15, 0.2) is 11.5 Å². The number of halogens is 1. The number of nitrogens with two attached hydrogens (primary N) is 1. The van der Waals surface area contributed by atoms with E-state index in [9.17, 15) is 4.79 Å². The molecule has 2 N–H and O–H groups in total. The molecular formula is C19H27ClN2O3. The predicted molar refractivity (Wildman–Crippen MR) is 90.9 cm³/mol. The predicted octanol–water partition coefficient (Wildman–Crippen LogP) is -1.04. The summed E-state index contributed by atoms with van der Waals surface area (Å²) >= 11 is 0. The average molecular weight is 367 g/mol. The van der Waals surface area contributed by atoms with Crippen LogP contribution >= 0.6 is 0 Å². The molecule has 3 aliphatic rings. The summed E-state index contributed by atoms with van der Waals surface area (Å²) in [5, 5.41) is 0. The number of likely N-dealkylation sites (N-methyl/N-ethyl adjacent to an activating group) is 1. The maximum absolute atomic E-state index is 12.4. The molecule has 1 unspecified atom stereocenters. The number of fused-ring (bicyclic) bond motifs is 1. The van der Waals surface area contributed by atoms with Gasteiger partial charge in [-0.05, 0) is 18.1 Å². The van der Waals surface area contributed by atoms with Gasteiger partial charge in [-0.15, -0.1) is 0 Å². The molecule has 4 rings (SSSR count). The van der Waals surface area contributed by atoms with Gasteiger partial charge in [0.05, 0.1) is 27.8 Å². The van der Waals surface area contributed by atoms with Gasteiger partial charge in [-0.2, -0.15) is 5.84 Å². The molecular weight excluding hydrogens is 340 g/mol. The Morgan fingerprint density at radius 2 is 2.04 bits per heavy atom. The van der Waals surface area contributed by atoms with E-state index in [1.54, 1.807) is 14.2 Å². The van der Waals surface area contributed by atoms with Crippen LogP contribution in [0.3, 0.4) is 0 Å². The van der Waals surface area contributed by atoms with E-state index in [0.29, 0.717) is 35.2 Å². The van der Waals surface area contributed by atoms with Crippen LogP contribution in [0.4, 0.5) is 0 Å². The van der Waals surface area contributed by atoms with Crippen molar-refractivity contribution in [2.24, 2.45) is 11.8 Å². The van der Waals surface area contributed by atoms with Gasteiger partial charge in [0.25, 0.3) is 0 Å². The summed E-state index contributed by atoms with van der Waals surface area (Å²) in [5.41, 5.74) is 2.36. The molecule has 2 aliphatic carbocycles. The molecule has 0 aromatic heterocycles. The fourth-order valence-corrected chi connectivity index (χ4v) is 5.67. The molecule has 4 atom stereocenters. The first-order valence-corrected chi connectivity index (χ1v) is 8.83. The third kappa shape index (κ3) is 2.47. The van der Waals surface area contributed by atoms with Crippen molar-refractivity contribution in [1.29, 1.82) is 0 Å². The Hall–Kier alpha value is -1.30. The van der Waals surface area contributed by atoms with Gasteiger partial charge in [0, 0.05) is 42.6 Å². The number of carbonyl (C=O) groups is 1. The molecule has 25 heavy (non-hydrogen) atoms. The minimum atomic E-state index is -0.134. The SMILES string of the molecule is COc1ccc2c(c1OC)[C@@]13CC[N+](C)(N)[C@@H](C2)[C@@H]1CCC(=O)C3.[Cl-]. The molecule has 2 fully saturated rings. The number of ketones is 1. The first-order chi connectivity index (χ1) is 11.4. The summed E-state index contributed by atoms with van der Waals surface area (Å²) in [5.74, 6) is 9.04. The largest absolute Gasteiger partial charge is 1.00 e. The number of likely N-dealkylation sites (tertiary alicyclic amines) is 1. The molecule has 1 saturated heterocycles. The molecule has 6 heteroatoms. The molecule has 1 aromatic carbocycles. The zero-order chi connectivity index (χ0) is 17.1. The molecule has 1 aliphatic heterocycles. The zero-order valence-corrected chi connectivity index (χ0v) is 15.9. The molecule has 1 aromatic rings. The highest BCUT2D eigenvalue weighted by atomic mass is 35.5. The number of hydrogen-bond donors (Lipinski definition) is 1. The van der Waals surface area contributed by atoms with E-state index in [1.807, 2.05) is 6.07 Å². The standard InChI is InChI=1S/C19H27N2O3.ClH/c1-21(20)9-8-19-11-13(22)5-6-14(19)15(21)10-12-4-7-16(23-2)18(24-3)17(12)19;/h4,7,14-15H,5-6,8-11,20H2,1-3H3;1H/q+1;/p-1/t14-,15-,19+,21?;/m0./s1. The number of ether oxygens (including phenoxy) is 2. The van der Waals surface area contributed by atoms with Crippen LogP contribution in [0.5, 0.6) is 11.5 Å². The van der Waals surface area contributed by atoms with Crippen molar-refractivity contribution in [3.8, 4) is 11.5 Å². The monoisotopic (exact) mass is 366 g/mol. The Morgan fingerprint density at radius 3 is 2.72 bits per heavy atom. The third-order valence-corrected chi connectivity index (χ3v) is 6.78. The van der Waals surface area contributed by atoms with Crippen LogP contribution in [0.2, 0.25) is 0 Å². The van der Waals surface area contributed by atoms with Crippen molar-refractivity contribution < 1.29 is 31.3 Å². The van der Waals surface area contributed by atoms with Crippen LogP contribution in [0, 0.1) is 5.92 Å². The highest BCUT2D eigenvalue weighted by molar-refractivity contribution is 5.82. The number of nitrogens with zero attached hydrogens (tertiary/aromatic N) is 1. The lowest BCUT2D eigenvalue weighted by Crippen LogP contribution is -3.00. The molecule has 0 amide bonds. The third-order valence-electron chi connectivity index (χ3n) is 6.78. The van der Waals surface area contributed by atoms with E-state index >= 15 is 0 Å². The van der Waals surface area contributed by atoms with E-state index in [1.165, 1.54) is 11.1 Å². The highest BCUT2D eigenvalue weighted by Gasteiger charge is 2.61. The highest BCUT2D eigenvalue weighted by Crippen LogP contribution is 2.59. The van der Waals surface area contributed by atoms with Gasteiger partial charge in [-0.1, -0.05) is 6.07 Å². The van der Waals surface area contributed by atoms with E-state index in [-0.39, 0.29) is 17.8 Å². The molecule has 5 nitrogen and oxygen atoms in total. The Labute approximate surface area is 155 Å². The van der Waals surface area contributed by atoms with Crippen LogP contribution in [0.1, 0.15) is 36.8 Å². The number of benzene rings is 1. The Bertz CT molecular complexity index is 706. The number of hydrogen-bond acceptors (Lipinski definition) is 4. The van der Waals surface area contributed by atoms with Crippen molar-refractivity contribution in [2.75, 3.05) is 27.8 Å². The maximum Gasteiger partial charge on any atom is 0.164 e. The Morgan fingerprint density at radius 1 is 1.28 bits per heavy atom. The first kappa shape index (κ1) is 18.5. The summed E-state index contributed by atoms with van der Waals surface area (Å²) in [7, 11) is 5.51. The molecule has 0 spiro atoms.